The van der Waals surface area contributed by atoms with Crippen LogP contribution in [-0.4, -0.2) is 26.0 Å². The highest BCUT2D eigenvalue weighted by Gasteiger charge is 2.22. The lowest BCUT2D eigenvalue weighted by Crippen LogP contribution is -2.40. The van der Waals surface area contributed by atoms with Crippen LogP contribution in [0.1, 0.15) is 27.7 Å². The number of rotatable bonds is 6. The van der Waals surface area contributed by atoms with Gasteiger partial charge in [-0.15, -0.1) is 0 Å². The number of benzene rings is 2. The third kappa shape index (κ3) is 5.86. The first kappa shape index (κ1) is 19.9. The molecule has 7 heteroatoms. The molecule has 0 aromatic heterocycles. The van der Waals surface area contributed by atoms with Gasteiger partial charge in [0, 0.05) is 11.2 Å². The van der Waals surface area contributed by atoms with Crippen molar-refractivity contribution in [1.82, 2.24) is 4.72 Å². The maximum absolute atomic E-state index is 12.4. The fourth-order valence-corrected chi connectivity index (χ4v) is 3.67. The smallest absolute Gasteiger partial charge is 0.265 e. The Kier molecular flexibility index (Phi) is 6.05. The Bertz CT molecular complexity index is 859. The molecule has 2 N–H and O–H groups in total. The molecule has 0 unspecified atom stereocenters. The molecule has 1 atom stereocenters. The van der Waals surface area contributed by atoms with Crippen LogP contribution in [0.4, 0.5) is 5.69 Å². The van der Waals surface area contributed by atoms with Crippen molar-refractivity contribution in [3.05, 3.63) is 54.6 Å². The van der Waals surface area contributed by atoms with Gasteiger partial charge in [-0.3, -0.25) is 4.79 Å². The van der Waals surface area contributed by atoms with Gasteiger partial charge >= 0.3 is 0 Å². The van der Waals surface area contributed by atoms with E-state index in [0.717, 1.165) is 0 Å². The van der Waals surface area contributed by atoms with E-state index in [1.165, 1.54) is 12.1 Å². The average Bonchev–Trinajstić information content (AvgIpc) is 2.54. The Balaban J connectivity index is 2.09. The Labute approximate surface area is 154 Å². The SMILES string of the molecule is C[C@@H](Oc1ccccc1)C(=O)Nc1cccc(S(=O)(=O)NC(C)(C)C)c1. The highest BCUT2D eigenvalue weighted by Crippen LogP contribution is 2.18. The molecule has 0 fully saturated rings. The fraction of sp³-hybridized carbons (Fsp3) is 0.316. The van der Waals surface area contributed by atoms with Crippen molar-refractivity contribution in [2.24, 2.45) is 0 Å². The highest BCUT2D eigenvalue weighted by atomic mass is 32.2. The summed E-state index contributed by atoms with van der Waals surface area (Å²) in [6.45, 7) is 6.92. The Morgan fingerprint density at radius 1 is 1.04 bits per heavy atom. The normalized spacial score (nSPS) is 13.1. The summed E-state index contributed by atoms with van der Waals surface area (Å²) in [4.78, 5) is 12.4. The predicted molar refractivity (Wildman–Crippen MR) is 102 cm³/mol. The number of carbonyl (C=O) groups excluding carboxylic acids is 1. The molecule has 0 bridgehead atoms. The molecular weight excluding hydrogens is 352 g/mol. The minimum absolute atomic E-state index is 0.0851. The van der Waals surface area contributed by atoms with Crippen LogP contribution in [-0.2, 0) is 14.8 Å². The van der Waals surface area contributed by atoms with Crippen molar-refractivity contribution in [2.75, 3.05) is 5.32 Å². The zero-order chi connectivity index (χ0) is 19.4. The van der Waals surface area contributed by atoms with Gasteiger partial charge in [0.2, 0.25) is 10.0 Å². The van der Waals surface area contributed by atoms with E-state index in [2.05, 4.69) is 10.0 Å². The number of hydrogen-bond acceptors (Lipinski definition) is 4. The summed E-state index contributed by atoms with van der Waals surface area (Å²) in [7, 11) is -3.68. The van der Waals surface area contributed by atoms with Gasteiger partial charge < -0.3 is 10.1 Å². The van der Waals surface area contributed by atoms with Crippen molar-refractivity contribution in [2.45, 2.75) is 44.2 Å². The lowest BCUT2D eigenvalue weighted by Gasteiger charge is -2.20. The second-order valence-electron chi connectivity index (χ2n) is 6.95. The van der Waals surface area contributed by atoms with Crippen molar-refractivity contribution >= 4 is 21.6 Å². The van der Waals surface area contributed by atoms with Gasteiger partial charge in [0.1, 0.15) is 5.75 Å². The first-order chi connectivity index (χ1) is 12.1. The maximum Gasteiger partial charge on any atom is 0.265 e. The molecule has 2 rings (SSSR count). The number of sulfonamides is 1. The van der Waals surface area contributed by atoms with Gasteiger partial charge in [0.05, 0.1) is 4.90 Å². The molecule has 0 saturated heterocycles. The molecule has 0 aliphatic rings. The first-order valence-electron chi connectivity index (χ1n) is 8.23. The van der Waals surface area contributed by atoms with Crippen LogP contribution >= 0.6 is 0 Å². The van der Waals surface area contributed by atoms with Crippen LogP contribution in [0.25, 0.3) is 0 Å². The van der Waals surface area contributed by atoms with E-state index in [9.17, 15) is 13.2 Å². The number of hydrogen-bond donors (Lipinski definition) is 2. The number of ether oxygens (including phenoxy) is 1. The molecule has 0 aliphatic heterocycles. The molecule has 1 amide bonds. The molecule has 0 saturated carbocycles. The second-order valence-corrected chi connectivity index (χ2v) is 8.63. The third-order valence-corrected chi connectivity index (χ3v) is 5.03. The zero-order valence-electron chi connectivity index (χ0n) is 15.3. The van der Waals surface area contributed by atoms with Gasteiger partial charge in [-0.1, -0.05) is 24.3 Å². The van der Waals surface area contributed by atoms with E-state index in [0.29, 0.717) is 11.4 Å². The molecular formula is C19H24N2O4S. The number of anilines is 1. The summed E-state index contributed by atoms with van der Waals surface area (Å²) in [6.07, 6.45) is -0.731. The van der Waals surface area contributed by atoms with E-state index < -0.39 is 21.7 Å². The average molecular weight is 376 g/mol. The Morgan fingerprint density at radius 2 is 1.69 bits per heavy atom. The predicted octanol–water partition coefficient (Wildman–Crippen LogP) is 3.17. The minimum Gasteiger partial charge on any atom is -0.481 e. The molecule has 26 heavy (non-hydrogen) atoms. The zero-order valence-corrected chi connectivity index (χ0v) is 16.1. The van der Waals surface area contributed by atoms with Crippen LogP contribution < -0.4 is 14.8 Å². The molecule has 0 radical (unpaired) electrons. The third-order valence-electron chi connectivity index (χ3n) is 3.28. The van der Waals surface area contributed by atoms with Crippen LogP contribution in [0.3, 0.4) is 0 Å². The summed E-state index contributed by atoms with van der Waals surface area (Å²) in [5.74, 6) is 0.216. The lowest BCUT2D eigenvalue weighted by atomic mass is 10.1. The summed E-state index contributed by atoms with van der Waals surface area (Å²) in [5.41, 5.74) is -0.217. The Hall–Kier alpha value is -2.38. The van der Waals surface area contributed by atoms with Crippen LogP contribution in [0, 0.1) is 0 Å². The van der Waals surface area contributed by atoms with Gasteiger partial charge in [0.15, 0.2) is 6.10 Å². The number of para-hydroxylation sites is 1. The van der Waals surface area contributed by atoms with E-state index in [1.807, 2.05) is 18.2 Å². The summed E-state index contributed by atoms with van der Waals surface area (Å²) in [5, 5.41) is 2.68. The second kappa shape index (κ2) is 7.88. The highest BCUT2D eigenvalue weighted by molar-refractivity contribution is 7.89. The van der Waals surface area contributed by atoms with E-state index in [4.69, 9.17) is 4.74 Å². The molecule has 0 heterocycles. The molecule has 0 aliphatic carbocycles. The maximum atomic E-state index is 12.4. The van der Waals surface area contributed by atoms with Gasteiger partial charge in [-0.25, -0.2) is 13.1 Å². The molecule has 0 spiro atoms. The summed E-state index contributed by atoms with van der Waals surface area (Å²) >= 11 is 0. The van der Waals surface area contributed by atoms with E-state index in [1.54, 1.807) is 52.0 Å². The fourth-order valence-electron chi connectivity index (χ4n) is 2.20. The number of nitrogens with one attached hydrogen (secondary N) is 2. The van der Waals surface area contributed by atoms with Crippen molar-refractivity contribution < 1.29 is 17.9 Å². The first-order valence-corrected chi connectivity index (χ1v) is 9.72. The van der Waals surface area contributed by atoms with Crippen LogP contribution in [0.2, 0.25) is 0 Å². The summed E-state index contributed by atoms with van der Waals surface area (Å²) < 4.78 is 33.0. The van der Waals surface area contributed by atoms with Crippen molar-refractivity contribution in [3.63, 3.8) is 0 Å². The van der Waals surface area contributed by atoms with E-state index >= 15 is 0 Å². The molecule has 2 aromatic carbocycles. The molecule has 140 valence electrons. The monoisotopic (exact) mass is 376 g/mol. The standard InChI is InChI=1S/C19H24N2O4S/c1-14(25-16-10-6-5-7-11-16)18(22)20-15-9-8-12-17(13-15)26(23,24)21-19(2,3)4/h5-14,21H,1-4H3,(H,20,22)/t14-/m1/s1. The largest absolute Gasteiger partial charge is 0.481 e. The van der Waals surface area contributed by atoms with Crippen molar-refractivity contribution in [3.8, 4) is 5.75 Å². The Morgan fingerprint density at radius 3 is 2.31 bits per heavy atom. The number of amides is 1. The van der Waals surface area contributed by atoms with E-state index in [-0.39, 0.29) is 10.8 Å². The van der Waals surface area contributed by atoms with Crippen LogP contribution in [0.15, 0.2) is 59.5 Å². The van der Waals surface area contributed by atoms with Crippen molar-refractivity contribution in [1.29, 1.82) is 0 Å². The van der Waals surface area contributed by atoms with Crippen LogP contribution in [0.5, 0.6) is 5.75 Å². The molecule has 6 nitrogen and oxygen atoms in total. The van der Waals surface area contributed by atoms with Gasteiger partial charge in [-0.05, 0) is 58.0 Å². The quantitative estimate of drug-likeness (QED) is 0.811. The number of carbonyl (C=O) groups is 1. The summed E-state index contributed by atoms with van der Waals surface area (Å²) in [6, 6.07) is 15.1. The van der Waals surface area contributed by atoms with Gasteiger partial charge in [-0.2, -0.15) is 0 Å². The van der Waals surface area contributed by atoms with Gasteiger partial charge in [0.25, 0.3) is 5.91 Å². The minimum atomic E-state index is -3.68. The lowest BCUT2D eigenvalue weighted by molar-refractivity contribution is -0.122. The molecule has 2 aromatic rings. The topological polar surface area (TPSA) is 84.5 Å².